The van der Waals surface area contributed by atoms with E-state index in [1.54, 1.807) is 0 Å². The van der Waals surface area contributed by atoms with Crippen LogP contribution < -0.4 is 0 Å². The number of ketones is 1. The molecule has 0 radical (unpaired) electrons. The summed E-state index contributed by atoms with van der Waals surface area (Å²) >= 11 is 0. The van der Waals surface area contributed by atoms with Crippen LogP contribution in [0.2, 0.25) is 0 Å². The summed E-state index contributed by atoms with van der Waals surface area (Å²) < 4.78 is 0. The van der Waals surface area contributed by atoms with Crippen molar-refractivity contribution in [2.24, 2.45) is 33.5 Å². The van der Waals surface area contributed by atoms with Crippen molar-refractivity contribution in [3.8, 4) is 0 Å². The van der Waals surface area contributed by atoms with Crippen molar-refractivity contribution in [3.63, 3.8) is 0 Å². The van der Waals surface area contributed by atoms with Gasteiger partial charge in [-0.1, -0.05) is 67.2 Å². The lowest BCUT2D eigenvalue weighted by Crippen LogP contribution is -2.51. The zero-order chi connectivity index (χ0) is 20.8. The molecule has 0 aromatic carbocycles. The number of rotatable bonds is 0. The zero-order valence-corrected chi connectivity index (χ0v) is 19.6. The van der Waals surface area contributed by atoms with E-state index in [-0.39, 0.29) is 16.9 Å². The van der Waals surface area contributed by atoms with E-state index in [4.69, 9.17) is 0 Å². The van der Waals surface area contributed by atoms with Gasteiger partial charge in [0, 0.05) is 11.8 Å². The highest BCUT2D eigenvalue weighted by Gasteiger charge is 2.52. The Morgan fingerprint density at radius 2 is 1.25 bits per heavy atom. The van der Waals surface area contributed by atoms with Crippen LogP contribution in [0.3, 0.4) is 0 Å². The summed E-state index contributed by atoms with van der Waals surface area (Å²) in [6, 6.07) is 0. The first kappa shape index (κ1) is 22.3. The predicted molar refractivity (Wildman–Crippen MR) is 117 cm³/mol. The molecule has 0 unspecified atom stereocenters. The number of hydrogen-bond donors (Lipinski definition) is 1. The number of carbonyl (C=O) groups is 1. The molecule has 2 nitrogen and oxygen atoms in total. The molecule has 2 heteroatoms. The molecule has 0 spiro atoms. The normalized spacial score (nSPS) is 44.5. The van der Waals surface area contributed by atoms with Crippen LogP contribution >= 0.6 is 0 Å². The molecule has 0 saturated heterocycles. The molecule has 0 aromatic rings. The molecule has 0 bridgehead atoms. The SMILES string of the molecule is CC1(C)C(=O)CC[C@]2(C)CCCC[C@@H]12.CC1(C)[C@@H](O)CC[C@]2(C)CCCC[C@@H]12. The van der Waals surface area contributed by atoms with Crippen molar-refractivity contribution in [2.45, 2.75) is 125 Å². The molecule has 4 saturated carbocycles. The van der Waals surface area contributed by atoms with Crippen LogP contribution in [0.1, 0.15) is 119 Å². The minimum atomic E-state index is -0.0707. The van der Waals surface area contributed by atoms with Gasteiger partial charge in [0.05, 0.1) is 6.10 Å². The van der Waals surface area contributed by atoms with Gasteiger partial charge >= 0.3 is 0 Å². The number of aliphatic hydroxyl groups is 1. The van der Waals surface area contributed by atoms with E-state index in [0.717, 1.165) is 25.2 Å². The fourth-order valence-corrected chi connectivity index (χ4v) is 7.89. The molecule has 0 heterocycles. The Bertz CT molecular complexity index is 572. The van der Waals surface area contributed by atoms with E-state index in [2.05, 4.69) is 41.5 Å². The van der Waals surface area contributed by atoms with E-state index in [1.165, 1.54) is 57.8 Å². The van der Waals surface area contributed by atoms with Gasteiger partial charge in [-0.05, 0) is 73.0 Å². The summed E-state index contributed by atoms with van der Waals surface area (Å²) in [5, 5.41) is 10.1. The molecule has 4 aliphatic carbocycles. The van der Waals surface area contributed by atoms with Gasteiger partial charge in [0.1, 0.15) is 5.78 Å². The molecule has 4 fully saturated rings. The number of aliphatic hydroxyl groups excluding tert-OH is 1. The van der Waals surface area contributed by atoms with Gasteiger partial charge in [0.25, 0.3) is 0 Å². The Morgan fingerprint density at radius 3 is 1.86 bits per heavy atom. The zero-order valence-electron chi connectivity index (χ0n) is 19.6. The molecule has 28 heavy (non-hydrogen) atoms. The largest absolute Gasteiger partial charge is 0.393 e. The minimum Gasteiger partial charge on any atom is -0.393 e. The van der Waals surface area contributed by atoms with E-state index in [0.29, 0.717) is 22.5 Å². The van der Waals surface area contributed by atoms with Gasteiger partial charge in [-0.3, -0.25) is 4.79 Å². The second kappa shape index (κ2) is 7.71. The van der Waals surface area contributed by atoms with Crippen molar-refractivity contribution < 1.29 is 9.90 Å². The summed E-state index contributed by atoms with van der Waals surface area (Å²) in [6.07, 6.45) is 14.9. The highest BCUT2D eigenvalue weighted by Crippen LogP contribution is 2.58. The number of hydrogen-bond acceptors (Lipinski definition) is 2. The summed E-state index contributed by atoms with van der Waals surface area (Å²) in [7, 11) is 0. The van der Waals surface area contributed by atoms with Gasteiger partial charge in [-0.25, -0.2) is 0 Å². The molecule has 5 atom stereocenters. The third-order valence-electron chi connectivity index (χ3n) is 9.92. The monoisotopic (exact) mass is 390 g/mol. The average Bonchev–Trinajstić information content (AvgIpc) is 2.63. The van der Waals surface area contributed by atoms with E-state index >= 15 is 0 Å². The maximum atomic E-state index is 11.9. The van der Waals surface area contributed by atoms with Crippen molar-refractivity contribution in [3.05, 3.63) is 0 Å². The molecule has 162 valence electrons. The Morgan fingerprint density at radius 1 is 0.714 bits per heavy atom. The summed E-state index contributed by atoms with van der Waals surface area (Å²) in [6.45, 7) is 13.7. The van der Waals surface area contributed by atoms with Gasteiger partial charge in [-0.15, -0.1) is 0 Å². The molecule has 0 aliphatic heterocycles. The Balaban J connectivity index is 0.000000161. The minimum absolute atomic E-state index is 0.0482. The third-order valence-corrected chi connectivity index (χ3v) is 9.92. The van der Waals surface area contributed by atoms with Crippen LogP contribution in [-0.2, 0) is 4.79 Å². The first-order chi connectivity index (χ1) is 12.9. The molecule has 0 amide bonds. The van der Waals surface area contributed by atoms with Gasteiger partial charge < -0.3 is 5.11 Å². The van der Waals surface area contributed by atoms with Crippen LogP contribution in [0.4, 0.5) is 0 Å². The van der Waals surface area contributed by atoms with Gasteiger partial charge in [0.15, 0.2) is 0 Å². The van der Waals surface area contributed by atoms with Crippen LogP contribution in [0.15, 0.2) is 0 Å². The average molecular weight is 391 g/mol. The molecule has 0 aromatic heterocycles. The highest BCUT2D eigenvalue weighted by molar-refractivity contribution is 5.85. The molecule has 4 rings (SSSR count). The molecular weight excluding hydrogens is 344 g/mol. The van der Waals surface area contributed by atoms with Crippen LogP contribution in [0, 0.1) is 33.5 Å². The standard InChI is InChI=1S/C13H24O.C13H22O/c2*1-12(2)10-6-4-5-8-13(10,3)9-7-11(12)14/h10-11,14H,4-9H2,1-3H3;10H,4-9H2,1-3H3/t10-,11-,13-;10-,13-/m00/s1. The molecule has 1 N–H and O–H groups in total. The second-order valence-corrected chi connectivity index (χ2v) is 12.4. The lowest BCUT2D eigenvalue weighted by Gasteiger charge is -2.55. The maximum absolute atomic E-state index is 11.9. The number of fused-ring (bicyclic) bond motifs is 2. The van der Waals surface area contributed by atoms with Crippen molar-refractivity contribution >= 4 is 5.78 Å². The molecular formula is C26H46O2. The first-order valence-corrected chi connectivity index (χ1v) is 12.1. The van der Waals surface area contributed by atoms with Gasteiger partial charge in [-0.2, -0.15) is 0 Å². The van der Waals surface area contributed by atoms with Crippen LogP contribution in [0.5, 0.6) is 0 Å². The van der Waals surface area contributed by atoms with E-state index < -0.39 is 0 Å². The Hall–Kier alpha value is -0.370. The Kier molecular flexibility index (Phi) is 6.15. The fourth-order valence-electron chi connectivity index (χ4n) is 7.89. The number of Topliss-reactive ketones (excluding diaryl/α,β-unsaturated/α-hetero) is 1. The fraction of sp³-hybridized carbons (Fsp3) is 0.962. The van der Waals surface area contributed by atoms with Crippen LogP contribution in [0.25, 0.3) is 0 Å². The quantitative estimate of drug-likeness (QED) is 0.486. The summed E-state index contributed by atoms with van der Waals surface area (Å²) in [4.78, 5) is 11.9. The predicted octanol–water partition coefficient (Wildman–Crippen LogP) is 6.94. The van der Waals surface area contributed by atoms with Crippen molar-refractivity contribution in [1.82, 2.24) is 0 Å². The summed E-state index contributed by atoms with van der Waals surface area (Å²) in [5.74, 6) is 1.89. The second-order valence-electron chi connectivity index (χ2n) is 12.4. The van der Waals surface area contributed by atoms with Crippen molar-refractivity contribution in [2.75, 3.05) is 0 Å². The smallest absolute Gasteiger partial charge is 0.138 e. The van der Waals surface area contributed by atoms with Crippen molar-refractivity contribution in [1.29, 1.82) is 0 Å². The number of carbonyl (C=O) groups excluding carboxylic acids is 1. The lowest BCUT2D eigenvalue weighted by molar-refractivity contribution is -0.142. The Labute approximate surface area is 174 Å². The van der Waals surface area contributed by atoms with Crippen LogP contribution in [-0.4, -0.2) is 17.0 Å². The molecule has 4 aliphatic rings. The third kappa shape index (κ3) is 3.84. The van der Waals surface area contributed by atoms with Gasteiger partial charge in [0.2, 0.25) is 0 Å². The topological polar surface area (TPSA) is 37.3 Å². The van der Waals surface area contributed by atoms with E-state index in [9.17, 15) is 9.90 Å². The maximum Gasteiger partial charge on any atom is 0.138 e. The summed E-state index contributed by atoms with van der Waals surface area (Å²) in [5.41, 5.74) is 1.09. The lowest BCUT2D eigenvalue weighted by atomic mass is 9.51. The highest BCUT2D eigenvalue weighted by atomic mass is 16.3. The first-order valence-electron chi connectivity index (χ1n) is 12.1. The van der Waals surface area contributed by atoms with E-state index in [1.807, 2.05) is 0 Å².